The minimum absolute atomic E-state index is 0.246. The SMILES string of the molecule is CC(O)C1CCN(Cc2ncc(-c3ccc(Cl)cc3)o2)C1. The Morgan fingerprint density at radius 3 is 2.86 bits per heavy atom. The molecule has 4 nitrogen and oxygen atoms in total. The Labute approximate surface area is 129 Å². The third kappa shape index (κ3) is 3.46. The molecule has 1 aliphatic heterocycles. The number of hydrogen-bond acceptors (Lipinski definition) is 4. The zero-order valence-corrected chi connectivity index (χ0v) is 12.8. The van der Waals surface area contributed by atoms with E-state index in [-0.39, 0.29) is 6.10 Å². The number of rotatable bonds is 4. The number of aliphatic hydroxyl groups is 1. The Balaban J connectivity index is 1.64. The van der Waals surface area contributed by atoms with Crippen LogP contribution in [0.3, 0.4) is 0 Å². The van der Waals surface area contributed by atoms with Gasteiger partial charge >= 0.3 is 0 Å². The smallest absolute Gasteiger partial charge is 0.209 e. The van der Waals surface area contributed by atoms with Gasteiger partial charge in [-0.25, -0.2) is 4.98 Å². The summed E-state index contributed by atoms with van der Waals surface area (Å²) in [6.45, 7) is 4.43. The lowest BCUT2D eigenvalue weighted by atomic mass is 10.0. The molecule has 1 N–H and O–H groups in total. The highest BCUT2D eigenvalue weighted by Gasteiger charge is 2.26. The van der Waals surface area contributed by atoms with Gasteiger partial charge in [0.15, 0.2) is 5.76 Å². The fourth-order valence-corrected chi connectivity index (χ4v) is 2.85. The second kappa shape index (κ2) is 6.18. The van der Waals surface area contributed by atoms with E-state index >= 15 is 0 Å². The number of hydrogen-bond donors (Lipinski definition) is 1. The van der Waals surface area contributed by atoms with Crippen LogP contribution in [0.4, 0.5) is 0 Å². The Kier molecular flexibility index (Phi) is 4.29. The van der Waals surface area contributed by atoms with Crippen molar-refractivity contribution in [1.82, 2.24) is 9.88 Å². The zero-order chi connectivity index (χ0) is 14.8. The quantitative estimate of drug-likeness (QED) is 0.942. The molecule has 0 amide bonds. The van der Waals surface area contributed by atoms with Crippen molar-refractivity contribution in [2.75, 3.05) is 13.1 Å². The molecule has 2 atom stereocenters. The molecule has 0 bridgehead atoms. The highest BCUT2D eigenvalue weighted by atomic mass is 35.5. The van der Waals surface area contributed by atoms with Gasteiger partial charge in [-0.1, -0.05) is 11.6 Å². The van der Waals surface area contributed by atoms with Crippen molar-refractivity contribution >= 4 is 11.6 Å². The number of benzene rings is 1. The molecule has 5 heteroatoms. The van der Waals surface area contributed by atoms with Crippen molar-refractivity contribution in [1.29, 1.82) is 0 Å². The van der Waals surface area contributed by atoms with Crippen LogP contribution in [-0.4, -0.2) is 34.2 Å². The van der Waals surface area contributed by atoms with Crippen LogP contribution in [0.1, 0.15) is 19.2 Å². The summed E-state index contributed by atoms with van der Waals surface area (Å²) < 4.78 is 5.81. The maximum atomic E-state index is 9.63. The number of oxazole rings is 1. The highest BCUT2D eigenvalue weighted by Crippen LogP contribution is 2.25. The first-order chi connectivity index (χ1) is 10.1. The molecule has 2 aromatic rings. The summed E-state index contributed by atoms with van der Waals surface area (Å²) in [5.41, 5.74) is 0.974. The molecule has 1 aromatic carbocycles. The van der Waals surface area contributed by atoms with E-state index in [1.165, 1.54) is 0 Å². The van der Waals surface area contributed by atoms with Gasteiger partial charge in [0, 0.05) is 17.1 Å². The predicted molar refractivity (Wildman–Crippen MR) is 82.0 cm³/mol. The lowest BCUT2D eigenvalue weighted by Gasteiger charge is -2.15. The molecular weight excluding hydrogens is 288 g/mol. The van der Waals surface area contributed by atoms with E-state index in [4.69, 9.17) is 16.0 Å². The van der Waals surface area contributed by atoms with Crippen molar-refractivity contribution in [3.8, 4) is 11.3 Å². The maximum Gasteiger partial charge on any atom is 0.209 e. The fourth-order valence-electron chi connectivity index (χ4n) is 2.72. The minimum atomic E-state index is -0.246. The Hall–Kier alpha value is -1.36. The van der Waals surface area contributed by atoms with Crippen LogP contribution in [0.15, 0.2) is 34.9 Å². The molecular formula is C16H19ClN2O2. The molecule has 3 rings (SSSR count). The lowest BCUT2D eigenvalue weighted by Crippen LogP contribution is -2.24. The predicted octanol–water partition coefficient (Wildman–Crippen LogP) is 3.20. The summed E-state index contributed by atoms with van der Waals surface area (Å²) in [4.78, 5) is 6.62. The topological polar surface area (TPSA) is 49.5 Å². The van der Waals surface area contributed by atoms with Crippen LogP contribution in [0.2, 0.25) is 5.02 Å². The molecule has 2 heterocycles. The first kappa shape index (κ1) is 14.6. The fraction of sp³-hybridized carbons (Fsp3) is 0.438. The molecule has 1 fully saturated rings. The van der Waals surface area contributed by atoms with Crippen molar-refractivity contribution in [3.05, 3.63) is 41.4 Å². The number of likely N-dealkylation sites (tertiary alicyclic amines) is 1. The molecule has 0 aliphatic carbocycles. The Morgan fingerprint density at radius 1 is 1.43 bits per heavy atom. The number of aromatic nitrogens is 1. The molecule has 1 aromatic heterocycles. The third-order valence-corrected chi connectivity index (χ3v) is 4.28. The molecule has 1 saturated heterocycles. The molecule has 21 heavy (non-hydrogen) atoms. The van der Waals surface area contributed by atoms with Crippen molar-refractivity contribution in [3.63, 3.8) is 0 Å². The van der Waals surface area contributed by atoms with Gasteiger partial charge in [0.2, 0.25) is 5.89 Å². The zero-order valence-electron chi connectivity index (χ0n) is 12.0. The van der Waals surface area contributed by atoms with E-state index in [1.807, 2.05) is 31.2 Å². The second-order valence-electron chi connectivity index (χ2n) is 5.65. The number of nitrogens with zero attached hydrogens (tertiary/aromatic N) is 2. The summed E-state index contributed by atoms with van der Waals surface area (Å²) in [5.74, 6) is 1.83. The van der Waals surface area contributed by atoms with Crippen LogP contribution in [0, 0.1) is 5.92 Å². The molecule has 0 spiro atoms. The van der Waals surface area contributed by atoms with E-state index in [9.17, 15) is 5.11 Å². The minimum Gasteiger partial charge on any atom is -0.439 e. The first-order valence-corrected chi connectivity index (χ1v) is 7.60. The molecule has 0 saturated carbocycles. The van der Waals surface area contributed by atoms with E-state index in [2.05, 4.69) is 9.88 Å². The largest absolute Gasteiger partial charge is 0.439 e. The second-order valence-corrected chi connectivity index (χ2v) is 6.09. The molecule has 0 radical (unpaired) electrons. The van der Waals surface area contributed by atoms with Crippen LogP contribution < -0.4 is 0 Å². The number of aliphatic hydroxyl groups excluding tert-OH is 1. The molecule has 1 aliphatic rings. The van der Waals surface area contributed by atoms with Gasteiger partial charge in [-0.3, -0.25) is 4.90 Å². The summed E-state index contributed by atoms with van der Waals surface area (Å²) in [6.07, 6.45) is 2.53. The van der Waals surface area contributed by atoms with Crippen molar-refractivity contribution in [2.45, 2.75) is 26.0 Å². The van der Waals surface area contributed by atoms with Gasteiger partial charge in [-0.05, 0) is 50.1 Å². The number of halogens is 1. The van der Waals surface area contributed by atoms with E-state index in [1.54, 1.807) is 6.20 Å². The van der Waals surface area contributed by atoms with Crippen molar-refractivity contribution < 1.29 is 9.52 Å². The van der Waals surface area contributed by atoms with Crippen molar-refractivity contribution in [2.24, 2.45) is 5.92 Å². The third-order valence-electron chi connectivity index (χ3n) is 4.03. The van der Waals surface area contributed by atoms with E-state index in [0.29, 0.717) is 23.4 Å². The van der Waals surface area contributed by atoms with Gasteiger partial charge in [0.25, 0.3) is 0 Å². The van der Waals surface area contributed by atoms with Crippen LogP contribution >= 0.6 is 11.6 Å². The summed E-state index contributed by atoms with van der Waals surface area (Å²) in [7, 11) is 0. The van der Waals surface area contributed by atoms with E-state index < -0.39 is 0 Å². The molecule has 112 valence electrons. The van der Waals surface area contributed by atoms with Gasteiger partial charge in [-0.15, -0.1) is 0 Å². The van der Waals surface area contributed by atoms with Crippen LogP contribution in [-0.2, 0) is 6.54 Å². The lowest BCUT2D eigenvalue weighted by molar-refractivity contribution is 0.126. The van der Waals surface area contributed by atoms with Gasteiger partial charge in [0.05, 0.1) is 18.8 Å². The standard InChI is InChI=1S/C16H19ClN2O2/c1-11(20)13-6-7-19(9-13)10-16-18-8-15(21-16)12-2-4-14(17)5-3-12/h2-5,8,11,13,20H,6-7,9-10H2,1H3. The van der Waals surface area contributed by atoms with Gasteiger partial charge in [0.1, 0.15) is 0 Å². The average Bonchev–Trinajstić information content (AvgIpc) is 3.10. The van der Waals surface area contributed by atoms with Crippen LogP contribution in [0.5, 0.6) is 0 Å². The van der Waals surface area contributed by atoms with Gasteiger partial charge < -0.3 is 9.52 Å². The van der Waals surface area contributed by atoms with E-state index in [0.717, 1.165) is 30.8 Å². The Bertz CT molecular complexity index is 595. The average molecular weight is 307 g/mol. The molecule has 2 unspecified atom stereocenters. The highest BCUT2D eigenvalue weighted by molar-refractivity contribution is 6.30. The maximum absolute atomic E-state index is 9.63. The monoisotopic (exact) mass is 306 g/mol. The summed E-state index contributed by atoms with van der Waals surface area (Å²) in [6, 6.07) is 7.53. The van der Waals surface area contributed by atoms with Crippen LogP contribution in [0.25, 0.3) is 11.3 Å². The van der Waals surface area contributed by atoms with Gasteiger partial charge in [-0.2, -0.15) is 0 Å². The normalized spacial score (nSPS) is 20.8. The first-order valence-electron chi connectivity index (χ1n) is 7.23. The summed E-state index contributed by atoms with van der Waals surface area (Å²) >= 11 is 5.88. The Morgan fingerprint density at radius 2 is 2.19 bits per heavy atom. The summed E-state index contributed by atoms with van der Waals surface area (Å²) in [5, 5.41) is 10.3.